The first-order valence-corrected chi connectivity index (χ1v) is 12.1. The molecule has 0 bridgehead atoms. The third-order valence-electron chi connectivity index (χ3n) is 7.04. The van der Waals surface area contributed by atoms with Crippen LogP contribution >= 0.6 is 0 Å². The van der Waals surface area contributed by atoms with Gasteiger partial charge in [0.15, 0.2) is 0 Å². The number of amides is 1. The van der Waals surface area contributed by atoms with Gasteiger partial charge >= 0.3 is 0 Å². The number of nitrogens with zero attached hydrogens (tertiary/aromatic N) is 3. The van der Waals surface area contributed by atoms with Crippen LogP contribution in [0.4, 0.5) is 0 Å². The number of hydrogen-bond acceptors (Lipinski definition) is 5. The first kappa shape index (κ1) is 25.2. The summed E-state index contributed by atoms with van der Waals surface area (Å²) in [6.07, 6.45) is 0. The van der Waals surface area contributed by atoms with Gasteiger partial charge in [0.1, 0.15) is 5.75 Å². The number of carbonyl (C=O) groups excluding carboxylic acids is 1. The molecule has 3 rings (SSSR count). The van der Waals surface area contributed by atoms with E-state index in [4.69, 9.17) is 4.74 Å². The van der Waals surface area contributed by atoms with Gasteiger partial charge in [0.05, 0.1) is 12.6 Å². The molecular weight excluding hydrogens is 414 g/mol. The van der Waals surface area contributed by atoms with E-state index in [1.807, 2.05) is 49.1 Å². The molecule has 1 heterocycles. The highest BCUT2D eigenvalue weighted by Gasteiger charge is 2.36. The lowest BCUT2D eigenvalue weighted by atomic mass is 9.91. The SMILES string of the molecule is CCN(CC)C(=O)c1cccc(C(c2cccc(O)c2)N2CCN(CCOC)[C@H](C)[C@@H]2C)c1. The molecule has 1 aliphatic rings. The summed E-state index contributed by atoms with van der Waals surface area (Å²) in [4.78, 5) is 19.9. The van der Waals surface area contributed by atoms with Crippen molar-refractivity contribution in [3.8, 4) is 5.75 Å². The van der Waals surface area contributed by atoms with Crippen molar-refractivity contribution < 1.29 is 14.6 Å². The fraction of sp³-hybridized carbons (Fsp3) is 0.519. The summed E-state index contributed by atoms with van der Waals surface area (Å²) in [5.41, 5.74) is 2.82. The molecule has 0 aliphatic carbocycles. The molecule has 0 aromatic heterocycles. The van der Waals surface area contributed by atoms with Crippen LogP contribution in [0.2, 0.25) is 0 Å². The van der Waals surface area contributed by atoms with Crippen molar-refractivity contribution >= 4 is 5.91 Å². The number of ether oxygens (including phenoxy) is 1. The largest absolute Gasteiger partial charge is 0.508 e. The van der Waals surface area contributed by atoms with E-state index in [1.165, 1.54) is 0 Å². The van der Waals surface area contributed by atoms with Crippen molar-refractivity contribution in [2.24, 2.45) is 0 Å². The van der Waals surface area contributed by atoms with Crippen molar-refractivity contribution in [2.45, 2.75) is 45.8 Å². The van der Waals surface area contributed by atoms with Crippen LogP contribution in [0, 0.1) is 0 Å². The van der Waals surface area contributed by atoms with E-state index in [1.54, 1.807) is 13.2 Å². The zero-order valence-electron chi connectivity index (χ0n) is 20.7. The Labute approximate surface area is 198 Å². The van der Waals surface area contributed by atoms with Gasteiger partial charge in [-0.05, 0) is 63.1 Å². The molecule has 6 heteroatoms. The summed E-state index contributed by atoms with van der Waals surface area (Å²) in [5.74, 6) is 0.314. The van der Waals surface area contributed by atoms with E-state index in [0.29, 0.717) is 24.7 Å². The van der Waals surface area contributed by atoms with E-state index in [0.717, 1.165) is 37.4 Å². The lowest BCUT2D eigenvalue weighted by Gasteiger charge is -2.48. The number of carbonyl (C=O) groups is 1. The molecule has 180 valence electrons. The third kappa shape index (κ3) is 5.75. The molecule has 1 unspecified atom stereocenters. The number of piperazine rings is 1. The minimum absolute atomic E-state index is 0.0522. The first-order valence-electron chi connectivity index (χ1n) is 12.1. The quantitative estimate of drug-likeness (QED) is 0.622. The smallest absolute Gasteiger partial charge is 0.253 e. The van der Waals surface area contributed by atoms with Crippen molar-refractivity contribution in [1.82, 2.24) is 14.7 Å². The molecule has 33 heavy (non-hydrogen) atoms. The van der Waals surface area contributed by atoms with Crippen LogP contribution in [0.25, 0.3) is 0 Å². The van der Waals surface area contributed by atoms with Crippen LogP contribution in [-0.4, -0.2) is 84.2 Å². The highest BCUT2D eigenvalue weighted by Crippen LogP contribution is 2.35. The summed E-state index contributed by atoms with van der Waals surface area (Å²) in [6, 6.07) is 16.1. The molecule has 1 aliphatic heterocycles. The fourth-order valence-corrected chi connectivity index (χ4v) is 4.93. The van der Waals surface area contributed by atoms with Crippen molar-refractivity contribution in [2.75, 3.05) is 46.4 Å². The maximum absolute atomic E-state index is 13.1. The number of benzene rings is 2. The fourth-order valence-electron chi connectivity index (χ4n) is 4.93. The number of aromatic hydroxyl groups is 1. The minimum atomic E-state index is -0.0522. The number of phenolic OH excluding ortho intramolecular Hbond substituents is 1. The van der Waals surface area contributed by atoms with E-state index >= 15 is 0 Å². The highest BCUT2D eigenvalue weighted by atomic mass is 16.5. The molecular formula is C27H39N3O3. The van der Waals surface area contributed by atoms with Gasteiger partial charge < -0.3 is 14.7 Å². The second kappa shape index (κ2) is 11.6. The number of hydrogen-bond donors (Lipinski definition) is 1. The predicted molar refractivity (Wildman–Crippen MR) is 133 cm³/mol. The van der Waals surface area contributed by atoms with E-state index in [2.05, 4.69) is 35.8 Å². The third-order valence-corrected chi connectivity index (χ3v) is 7.04. The molecule has 0 spiro atoms. The second-order valence-corrected chi connectivity index (χ2v) is 8.85. The lowest BCUT2D eigenvalue weighted by molar-refractivity contribution is 0.00583. The Morgan fingerprint density at radius 3 is 2.36 bits per heavy atom. The summed E-state index contributed by atoms with van der Waals surface area (Å²) < 4.78 is 5.31. The summed E-state index contributed by atoms with van der Waals surface area (Å²) in [5, 5.41) is 10.2. The van der Waals surface area contributed by atoms with Crippen LogP contribution < -0.4 is 0 Å². The molecule has 3 atom stereocenters. The molecule has 1 amide bonds. The van der Waals surface area contributed by atoms with Crippen molar-refractivity contribution in [1.29, 1.82) is 0 Å². The average molecular weight is 454 g/mol. The van der Waals surface area contributed by atoms with E-state index < -0.39 is 0 Å². The normalized spacial score (nSPS) is 20.5. The Morgan fingerprint density at radius 1 is 1.06 bits per heavy atom. The second-order valence-electron chi connectivity index (χ2n) is 8.85. The summed E-state index contributed by atoms with van der Waals surface area (Å²) in [7, 11) is 1.74. The maximum atomic E-state index is 13.1. The Balaban J connectivity index is 1.99. The zero-order chi connectivity index (χ0) is 24.0. The molecule has 1 fully saturated rings. The predicted octanol–water partition coefficient (Wildman–Crippen LogP) is 4.00. The number of phenols is 1. The van der Waals surface area contributed by atoms with Crippen LogP contribution in [0.3, 0.4) is 0 Å². The van der Waals surface area contributed by atoms with Gasteiger partial charge in [-0.15, -0.1) is 0 Å². The topological polar surface area (TPSA) is 56.3 Å². The van der Waals surface area contributed by atoms with Gasteiger partial charge in [-0.3, -0.25) is 14.6 Å². The van der Waals surface area contributed by atoms with Crippen molar-refractivity contribution in [3.63, 3.8) is 0 Å². The van der Waals surface area contributed by atoms with Crippen LogP contribution in [0.5, 0.6) is 5.75 Å². The van der Waals surface area contributed by atoms with Crippen LogP contribution in [0.1, 0.15) is 55.2 Å². The molecule has 2 aromatic rings. The average Bonchev–Trinajstić information content (AvgIpc) is 2.82. The van der Waals surface area contributed by atoms with Gasteiger partial charge in [0.2, 0.25) is 0 Å². The Hall–Kier alpha value is -2.41. The zero-order valence-corrected chi connectivity index (χ0v) is 20.7. The highest BCUT2D eigenvalue weighted by molar-refractivity contribution is 5.94. The van der Waals surface area contributed by atoms with Gasteiger partial charge in [-0.2, -0.15) is 0 Å². The van der Waals surface area contributed by atoms with Crippen LogP contribution in [0.15, 0.2) is 48.5 Å². The number of rotatable bonds is 9. The van der Waals surface area contributed by atoms with Gasteiger partial charge in [0.25, 0.3) is 5.91 Å². The molecule has 0 saturated carbocycles. The Morgan fingerprint density at radius 2 is 1.73 bits per heavy atom. The molecule has 6 nitrogen and oxygen atoms in total. The maximum Gasteiger partial charge on any atom is 0.253 e. The molecule has 1 saturated heterocycles. The standard InChI is InChI=1S/C27H39N3O3/c1-6-28(7-2)27(32)24-12-8-10-22(18-24)26(23-11-9-13-25(31)19-23)30-15-14-29(16-17-33-5)20(3)21(30)4/h8-13,18-21,26,31H,6-7,14-17H2,1-5H3/t20-,21+,26?/m1/s1. The lowest BCUT2D eigenvalue weighted by Crippen LogP contribution is -2.58. The number of methoxy groups -OCH3 is 1. The van der Waals surface area contributed by atoms with E-state index in [-0.39, 0.29) is 23.7 Å². The summed E-state index contributed by atoms with van der Waals surface area (Å²) in [6.45, 7) is 13.4. The van der Waals surface area contributed by atoms with E-state index in [9.17, 15) is 9.90 Å². The molecule has 0 radical (unpaired) electrons. The van der Waals surface area contributed by atoms with Gasteiger partial charge in [-0.1, -0.05) is 24.3 Å². The van der Waals surface area contributed by atoms with Crippen molar-refractivity contribution in [3.05, 3.63) is 65.2 Å². The molecule has 1 N–H and O–H groups in total. The summed E-state index contributed by atoms with van der Waals surface area (Å²) >= 11 is 0. The monoisotopic (exact) mass is 453 g/mol. The van der Waals surface area contributed by atoms with Gasteiger partial charge in [0, 0.05) is 57.5 Å². The Kier molecular flexibility index (Phi) is 8.89. The van der Waals surface area contributed by atoms with Crippen LogP contribution in [-0.2, 0) is 4.74 Å². The Bertz CT molecular complexity index is 915. The minimum Gasteiger partial charge on any atom is -0.508 e. The first-order chi connectivity index (χ1) is 15.9. The van der Waals surface area contributed by atoms with Gasteiger partial charge in [-0.25, -0.2) is 0 Å². The molecule has 2 aromatic carbocycles.